The molecule has 1 rings (SSSR count). The van der Waals surface area contributed by atoms with Crippen molar-refractivity contribution in [2.24, 2.45) is 11.3 Å². The third kappa shape index (κ3) is 1.76. The van der Waals surface area contributed by atoms with E-state index < -0.39 is 0 Å². The zero-order valence-electron chi connectivity index (χ0n) is 8.35. The third-order valence-corrected chi connectivity index (χ3v) is 3.51. The molecule has 0 radical (unpaired) electrons. The second-order valence-electron chi connectivity index (χ2n) is 4.42. The average molecular weight is 155 g/mol. The monoisotopic (exact) mass is 155 g/mol. The van der Waals surface area contributed by atoms with Gasteiger partial charge >= 0.3 is 0 Å². The molecule has 1 aliphatic carbocycles. The van der Waals surface area contributed by atoms with Gasteiger partial charge in [0, 0.05) is 6.54 Å². The van der Waals surface area contributed by atoms with Gasteiger partial charge in [-0.25, -0.2) is 0 Å². The fourth-order valence-electron chi connectivity index (χ4n) is 1.89. The van der Waals surface area contributed by atoms with Crippen LogP contribution in [-0.4, -0.2) is 25.0 Å². The molecule has 66 valence electrons. The van der Waals surface area contributed by atoms with E-state index in [1.165, 1.54) is 25.9 Å². The van der Waals surface area contributed by atoms with Crippen molar-refractivity contribution in [1.82, 2.24) is 4.90 Å². The first kappa shape index (κ1) is 9.05. The van der Waals surface area contributed by atoms with Gasteiger partial charge in [0.15, 0.2) is 0 Å². The third-order valence-electron chi connectivity index (χ3n) is 3.51. The van der Waals surface area contributed by atoms with Crippen LogP contribution >= 0.6 is 0 Å². The summed E-state index contributed by atoms with van der Waals surface area (Å²) in [5.74, 6) is 0.941. The van der Waals surface area contributed by atoms with Gasteiger partial charge in [0.25, 0.3) is 0 Å². The minimum Gasteiger partial charge on any atom is -0.306 e. The Labute approximate surface area is 70.8 Å². The highest BCUT2D eigenvalue weighted by Crippen LogP contribution is 2.46. The van der Waals surface area contributed by atoms with Crippen molar-refractivity contribution in [1.29, 1.82) is 0 Å². The molecule has 1 saturated carbocycles. The molecule has 0 spiro atoms. The highest BCUT2D eigenvalue weighted by Gasteiger charge is 2.39. The SMILES string of the molecule is CCN(C)C[C@]1(C)CCC1C. The van der Waals surface area contributed by atoms with E-state index in [1.54, 1.807) is 0 Å². The molecule has 0 aromatic heterocycles. The van der Waals surface area contributed by atoms with Crippen LogP contribution in [0, 0.1) is 11.3 Å². The molecule has 0 bridgehead atoms. The predicted octanol–water partition coefficient (Wildman–Crippen LogP) is 2.37. The summed E-state index contributed by atoms with van der Waals surface area (Å²) in [5.41, 5.74) is 0.630. The van der Waals surface area contributed by atoms with Gasteiger partial charge in [-0.3, -0.25) is 0 Å². The lowest BCUT2D eigenvalue weighted by Crippen LogP contribution is -2.44. The van der Waals surface area contributed by atoms with Gasteiger partial charge in [0.1, 0.15) is 0 Å². The summed E-state index contributed by atoms with van der Waals surface area (Å²) in [5, 5.41) is 0. The first-order valence-electron chi connectivity index (χ1n) is 4.77. The average Bonchev–Trinajstić information content (AvgIpc) is 2.01. The highest BCUT2D eigenvalue weighted by atomic mass is 15.1. The maximum absolute atomic E-state index is 2.43. The summed E-state index contributed by atoms with van der Waals surface area (Å²) < 4.78 is 0. The van der Waals surface area contributed by atoms with Crippen LogP contribution in [0.4, 0.5) is 0 Å². The number of hydrogen-bond donors (Lipinski definition) is 0. The molecule has 1 unspecified atom stereocenters. The Morgan fingerprint density at radius 1 is 1.55 bits per heavy atom. The van der Waals surface area contributed by atoms with Crippen LogP contribution in [0.5, 0.6) is 0 Å². The fraction of sp³-hybridized carbons (Fsp3) is 1.00. The van der Waals surface area contributed by atoms with Gasteiger partial charge in [-0.05, 0) is 37.8 Å². The van der Waals surface area contributed by atoms with E-state index in [-0.39, 0.29) is 0 Å². The second-order valence-corrected chi connectivity index (χ2v) is 4.42. The first-order chi connectivity index (χ1) is 5.08. The van der Waals surface area contributed by atoms with Crippen molar-refractivity contribution in [3.8, 4) is 0 Å². The Morgan fingerprint density at radius 2 is 2.18 bits per heavy atom. The predicted molar refractivity (Wildman–Crippen MR) is 49.7 cm³/mol. The topological polar surface area (TPSA) is 3.24 Å². The van der Waals surface area contributed by atoms with Gasteiger partial charge in [-0.15, -0.1) is 0 Å². The zero-order valence-corrected chi connectivity index (χ0v) is 8.35. The molecule has 1 nitrogen and oxygen atoms in total. The lowest BCUT2D eigenvalue weighted by atomic mass is 9.62. The maximum atomic E-state index is 2.43. The van der Waals surface area contributed by atoms with E-state index >= 15 is 0 Å². The molecule has 0 aliphatic heterocycles. The summed E-state index contributed by atoms with van der Waals surface area (Å²) in [7, 11) is 2.22. The molecule has 0 N–H and O–H groups in total. The molecule has 1 fully saturated rings. The van der Waals surface area contributed by atoms with Gasteiger partial charge < -0.3 is 4.90 Å². The van der Waals surface area contributed by atoms with Gasteiger partial charge in [-0.1, -0.05) is 20.8 Å². The first-order valence-corrected chi connectivity index (χ1v) is 4.77. The fourth-order valence-corrected chi connectivity index (χ4v) is 1.89. The van der Waals surface area contributed by atoms with Crippen molar-refractivity contribution >= 4 is 0 Å². The van der Waals surface area contributed by atoms with Crippen molar-refractivity contribution < 1.29 is 0 Å². The summed E-state index contributed by atoms with van der Waals surface area (Å²) in [6.45, 7) is 9.50. The molecule has 0 amide bonds. The van der Waals surface area contributed by atoms with E-state index in [0.29, 0.717) is 5.41 Å². The van der Waals surface area contributed by atoms with Crippen LogP contribution < -0.4 is 0 Å². The van der Waals surface area contributed by atoms with Crippen LogP contribution in [-0.2, 0) is 0 Å². The second kappa shape index (κ2) is 3.14. The number of hydrogen-bond acceptors (Lipinski definition) is 1. The Morgan fingerprint density at radius 3 is 2.45 bits per heavy atom. The molecule has 1 heteroatoms. The molecule has 11 heavy (non-hydrogen) atoms. The zero-order chi connectivity index (χ0) is 8.48. The van der Waals surface area contributed by atoms with Crippen LogP contribution in [0.2, 0.25) is 0 Å². The number of nitrogens with zero attached hydrogens (tertiary/aromatic N) is 1. The lowest BCUT2D eigenvalue weighted by molar-refractivity contribution is 0.0300. The molecule has 0 aromatic carbocycles. The summed E-state index contributed by atoms with van der Waals surface area (Å²) in [6.07, 6.45) is 2.87. The van der Waals surface area contributed by atoms with E-state index in [1.807, 2.05) is 0 Å². The van der Waals surface area contributed by atoms with Crippen molar-refractivity contribution in [3.63, 3.8) is 0 Å². The Kier molecular flexibility index (Phi) is 2.58. The van der Waals surface area contributed by atoms with Gasteiger partial charge in [0.05, 0.1) is 0 Å². The van der Waals surface area contributed by atoms with Crippen LogP contribution in [0.15, 0.2) is 0 Å². The van der Waals surface area contributed by atoms with Crippen molar-refractivity contribution in [2.75, 3.05) is 20.1 Å². The molecule has 0 saturated heterocycles. The number of rotatable bonds is 3. The van der Waals surface area contributed by atoms with Crippen molar-refractivity contribution in [2.45, 2.75) is 33.6 Å². The normalized spacial score (nSPS) is 37.4. The molecule has 1 aliphatic rings. The van der Waals surface area contributed by atoms with Gasteiger partial charge in [-0.2, -0.15) is 0 Å². The molecule has 2 atom stereocenters. The Bertz CT molecular complexity index is 133. The molecule has 0 aromatic rings. The minimum atomic E-state index is 0.630. The Balaban J connectivity index is 2.35. The van der Waals surface area contributed by atoms with Crippen LogP contribution in [0.25, 0.3) is 0 Å². The molecular weight excluding hydrogens is 134 g/mol. The minimum absolute atomic E-state index is 0.630. The quantitative estimate of drug-likeness (QED) is 0.605. The van der Waals surface area contributed by atoms with E-state index in [4.69, 9.17) is 0 Å². The highest BCUT2D eigenvalue weighted by molar-refractivity contribution is 4.91. The van der Waals surface area contributed by atoms with Crippen molar-refractivity contribution in [3.05, 3.63) is 0 Å². The molecule has 0 heterocycles. The van der Waals surface area contributed by atoms with E-state index in [9.17, 15) is 0 Å². The smallest absolute Gasteiger partial charge is 0.00347 e. The van der Waals surface area contributed by atoms with Crippen LogP contribution in [0.1, 0.15) is 33.6 Å². The van der Waals surface area contributed by atoms with Gasteiger partial charge in [0.2, 0.25) is 0 Å². The van der Waals surface area contributed by atoms with E-state index in [0.717, 1.165) is 5.92 Å². The summed E-state index contributed by atoms with van der Waals surface area (Å²) in [4.78, 5) is 2.43. The lowest BCUT2D eigenvalue weighted by Gasteiger charge is -2.47. The standard InChI is InChI=1S/C10H21N/c1-5-11(4)8-10(3)7-6-9(10)2/h9H,5-8H2,1-4H3/t9?,10-/m0/s1. The van der Waals surface area contributed by atoms with E-state index in [2.05, 4.69) is 32.7 Å². The largest absolute Gasteiger partial charge is 0.306 e. The maximum Gasteiger partial charge on any atom is 0.00347 e. The van der Waals surface area contributed by atoms with Crippen LogP contribution in [0.3, 0.4) is 0 Å². The summed E-state index contributed by atoms with van der Waals surface area (Å²) in [6, 6.07) is 0. The summed E-state index contributed by atoms with van der Waals surface area (Å²) >= 11 is 0. The molecular formula is C10H21N. The Hall–Kier alpha value is -0.0400.